The number of nitrogens with two attached hydrogens (primary N) is 1. The van der Waals surface area contributed by atoms with Gasteiger partial charge in [0.05, 0.1) is 0 Å². The SMILES string of the molecule is CCCCCCCC(NN)C1(CC)CCCC1. The van der Waals surface area contributed by atoms with Crippen molar-refractivity contribution in [1.82, 2.24) is 5.43 Å². The second-order valence-electron chi connectivity index (χ2n) is 5.85. The summed E-state index contributed by atoms with van der Waals surface area (Å²) < 4.78 is 0. The van der Waals surface area contributed by atoms with Crippen molar-refractivity contribution in [2.24, 2.45) is 11.3 Å². The number of rotatable bonds is 9. The van der Waals surface area contributed by atoms with Crippen LogP contribution in [0.25, 0.3) is 0 Å². The van der Waals surface area contributed by atoms with Gasteiger partial charge in [0.25, 0.3) is 0 Å². The van der Waals surface area contributed by atoms with Crippen LogP contribution in [-0.4, -0.2) is 6.04 Å². The minimum absolute atomic E-state index is 0.513. The van der Waals surface area contributed by atoms with Crippen molar-refractivity contribution in [3.8, 4) is 0 Å². The van der Waals surface area contributed by atoms with Crippen LogP contribution in [0.15, 0.2) is 0 Å². The van der Waals surface area contributed by atoms with Gasteiger partial charge in [0.15, 0.2) is 0 Å². The molecule has 2 nitrogen and oxygen atoms in total. The first kappa shape index (κ1) is 15.0. The third kappa shape index (κ3) is 4.26. The number of hydrogen-bond donors (Lipinski definition) is 2. The summed E-state index contributed by atoms with van der Waals surface area (Å²) in [6.45, 7) is 4.61. The Balaban J connectivity index is 2.31. The van der Waals surface area contributed by atoms with Crippen molar-refractivity contribution >= 4 is 0 Å². The molecular weight excluding hydrogens is 208 g/mol. The lowest BCUT2D eigenvalue weighted by atomic mass is 9.74. The lowest BCUT2D eigenvalue weighted by molar-refractivity contribution is 0.174. The van der Waals surface area contributed by atoms with E-state index in [2.05, 4.69) is 19.3 Å². The molecule has 102 valence electrons. The normalized spacial score (nSPS) is 20.6. The quantitative estimate of drug-likeness (QED) is 0.361. The molecule has 1 saturated carbocycles. The van der Waals surface area contributed by atoms with Crippen LogP contribution in [0.5, 0.6) is 0 Å². The fraction of sp³-hybridized carbons (Fsp3) is 1.00. The number of nitrogens with one attached hydrogen (secondary N) is 1. The van der Waals surface area contributed by atoms with Crippen LogP contribution in [0.2, 0.25) is 0 Å². The van der Waals surface area contributed by atoms with Crippen LogP contribution in [-0.2, 0) is 0 Å². The zero-order chi connectivity index (χ0) is 12.6. The molecule has 0 heterocycles. The molecule has 0 aromatic carbocycles. The van der Waals surface area contributed by atoms with Gasteiger partial charge in [-0.3, -0.25) is 11.3 Å². The van der Waals surface area contributed by atoms with E-state index < -0.39 is 0 Å². The molecule has 17 heavy (non-hydrogen) atoms. The Hall–Kier alpha value is -0.0800. The van der Waals surface area contributed by atoms with E-state index >= 15 is 0 Å². The zero-order valence-corrected chi connectivity index (χ0v) is 11.9. The summed E-state index contributed by atoms with van der Waals surface area (Å²) in [6.07, 6.45) is 15.0. The molecule has 0 radical (unpaired) electrons. The van der Waals surface area contributed by atoms with Crippen molar-refractivity contribution in [3.05, 3.63) is 0 Å². The Bertz CT molecular complexity index is 185. The van der Waals surface area contributed by atoms with E-state index in [1.54, 1.807) is 0 Å². The highest BCUT2D eigenvalue weighted by Gasteiger charge is 2.38. The second-order valence-corrected chi connectivity index (χ2v) is 5.85. The largest absolute Gasteiger partial charge is 0.271 e. The lowest BCUT2D eigenvalue weighted by Gasteiger charge is -2.36. The van der Waals surface area contributed by atoms with E-state index in [1.807, 2.05) is 0 Å². The highest BCUT2D eigenvalue weighted by molar-refractivity contribution is 4.92. The summed E-state index contributed by atoms with van der Waals surface area (Å²) in [6, 6.07) is 0.552. The summed E-state index contributed by atoms with van der Waals surface area (Å²) >= 11 is 0. The van der Waals surface area contributed by atoms with Gasteiger partial charge >= 0.3 is 0 Å². The maximum Gasteiger partial charge on any atom is 0.0266 e. The van der Waals surface area contributed by atoms with E-state index in [9.17, 15) is 0 Å². The van der Waals surface area contributed by atoms with Gasteiger partial charge in [-0.05, 0) is 31.1 Å². The molecule has 0 spiro atoms. The minimum atomic E-state index is 0.513. The molecule has 0 saturated heterocycles. The molecule has 0 aromatic rings. The van der Waals surface area contributed by atoms with Crippen LogP contribution in [0.3, 0.4) is 0 Å². The van der Waals surface area contributed by atoms with Crippen molar-refractivity contribution < 1.29 is 0 Å². The van der Waals surface area contributed by atoms with Gasteiger partial charge < -0.3 is 0 Å². The summed E-state index contributed by atoms with van der Waals surface area (Å²) in [7, 11) is 0. The average Bonchev–Trinajstić information content (AvgIpc) is 2.83. The molecule has 0 aliphatic heterocycles. The fourth-order valence-corrected chi connectivity index (χ4v) is 3.55. The Morgan fingerprint density at radius 1 is 1.06 bits per heavy atom. The van der Waals surface area contributed by atoms with Gasteiger partial charge in [0.1, 0.15) is 0 Å². The molecule has 0 bridgehead atoms. The smallest absolute Gasteiger partial charge is 0.0266 e. The molecule has 0 aromatic heterocycles. The van der Waals surface area contributed by atoms with Crippen molar-refractivity contribution in [3.63, 3.8) is 0 Å². The molecule has 0 amide bonds. The molecule has 2 heteroatoms. The standard InChI is InChI=1S/C15H32N2/c1-3-5-6-7-8-11-14(17-16)15(4-2)12-9-10-13-15/h14,17H,3-13,16H2,1-2H3. The molecule has 1 unspecified atom stereocenters. The number of hydrazine groups is 1. The highest BCUT2D eigenvalue weighted by atomic mass is 15.2. The van der Waals surface area contributed by atoms with Crippen LogP contribution < -0.4 is 11.3 Å². The predicted octanol–water partition coefficient (Wildman–Crippen LogP) is 4.15. The number of hydrogen-bond acceptors (Lipinski definition) is 2. The molecule has 3 N–H and O–H groups in total. The van der Waals surface area contributed by atoms with Gasteiger partial charge in [0, 0.05) is 6.04 Å². The van der Waals surface area contributed by atoms with Crippen LogP contribution in [0, 0.1) is 5.41 Å². The Labute approximate surface area is 108 Å². The summed E-state index contributed by atoms with van der Waals surface area (Å²) in [5, 5.41) is 0. The van der Waals surface area contributed by atoms with E-state index in [4.69, 9.17) is 5.84 Å². The molecule has 1 aliphatic rings. The summed E-state index contributed by atoms with van der Waals surface area (Å²) in [5.41, 5.74) is 3.64. The molecule has 1 aliphatic carbocycles. The van der Waals surface area contributed by atoms with E-state index in [0.717, 1.165) is 0 Å². The monoisotopic (exact) mass is 240 g/mol. The zero-order valence-electron chi connectivity index (χ0n) is 11.9. The van der Waals surface area contributed by atoms with Crippen molar-refractivity contribution in [2.75, 3.05) is 0 Å². The van der Waals surface area contributed by atoms with Crippen LogP contribution >= 0.6 is 0 Å². The van der Waals surface area contributed by atoms with Crippen molar-refractivity contribution in [1.29, 1.82) is 0 Å². The van der Waals surface area contributed by atoms with E-state index in [1.165, 1.54) is 70.6 Å². The first-order valence-electron chi connectivity index (χ1n) is 7.75. The van der Waals surface area contributed by atoms with Gasteiger partial charge in [-0.15, -0.1) is 0 Å². The predicted molar refractivity (Wildman–Crippen MR) is 75.7 cm³/mol. The fourth-order valence-electron chi connectivity index (χ4n) is 3.55. The highest BCUT2D eigenvalue weighted by Crippen LogP contribution is 2.44. The summed E-state index contributed by atoms with van der Waals surface area (Å²) in [4.78, 5) is 0. The van der Waals surface area contributed by atoms with Gasteiger partial charge in [-0.2, -0.15) is 0 Å². The second kappa shape index (κ2) is 8.10. The maximum absolute atomic E-state index is 5.80. The summed E-state index contributed by atoms with van der Waals surface area (Å²) in [5.74, 6) is 5.80. The van der Waals surface area contributed by atoms with Crippen molar-refractivity contribution in [2.45, 2.75) is 90.5 Å². The van der Waals surface area contributed by atoms with Gasteiger partial charge in [-0.1, -0.05) is 58.8 Å². The van der Waals surface area contributed by atoms with E-state index in [-0.39, 0.29) is 0 Å². The minimum Gasteiger partial charge on any atom is -0.271 e. The van der Waals surface area contributed by atoms with Crippen LogP contribution in [0.4, 0.5) is 0 Å². The number of unbranched alkanes of at least 4 members (excludes halogenated alkanes) is 4. The lowest BCUT2D eigenvalue weighted by Crippen LogP contribution is -2.47. The third-order valence-corrected chi connectivity index (χ3v) is 4.84. The average molecular weight is 240 g/mol. The van der Waals surface area contributed by atoms with Gasteiger partial charge in [0.2, 0.25) is 0 Å². The van der Waals surface area contributed by atoms with E-state index in [0.29, 0.717) is 11.5 Å². The maximum atomic E-state index is 5.80. The molecule has 1 atom stereocenters. The Morgan fingerprint density at radius 2 is 1.71 bits per heavy atom. The third-order valence-electron chi connectivity index (χ3n) is 4.84. The topological polar surface area (TPSA) is 38.0 Å². The Kier molecular flexibility index (Phi) is 7.14. The van der Waals surface area contributed by atoms with Gasteiger partial charge in [-0.25, -0.2) is 0 Å². The molecule has 1 rings (SSSR count). The van der Waals surface area contributed by atoms with Crippen LogP contribution in [0.1, 0.15) is 84.5 Å². The Morgan fingerprint density at radius 3 is 2.24 bits per heavy atom. The first-order chi connectivity index (χ1) is 8.29. The molecular formula is C15H32N2. The molecule has 1 fully saturated rings. The first-order valence-corrected chi connectivity index (χ1v) is 7.75.